The zero-order valence-corrected chi connectivity index (χ0v) is 42.9. The van der Waals surface area contributed by atoms with Crippen molar-refractivity contribution < 1.29 is 66.7 Å². The first-order chi connectivity index (χ1) is 31.6. The van der Waals surface area contributed by atoms with Crippen LogP contribution in [0.1, 0.15) is 207 Å². The van der Waals surface area contributed by atoms with Crippen LogP contribution in [0.5, 0.6) is 0 Å². The first kappa shape index (κ1) is 64.0. The van der Waals surface area contributed by atoms with Crippen molar-refractivity contribution in [2.24, 2.45) is 5.92 Å². The maximum Gasteiger partial charge on any atom is 0.472 e. The number of aliphatic hydroxyl groups excluding tert-OH is 2. The maximum atomic E-state index is 12.7. The van der Waals surface area contributed by atoms with Gasteiger partial charge in [-0.3, -0.25) is 23.2 Å². The number of phosphoric ester groups is 2. The summed E-state index contributed by atoms with van der Waals surface area (Å²) in [6, 6.07) is 0. The Bertz CT molecular complexity index is 1380. The van der Waals surface area contributed by atoms with Crippen LogP contribution in [0.25, 0.3) is 0 Å². The molecule has 0 spiro atoms. The fraction of sp³-hybridized carbons (Fsp3) is 0.800. The highest BCUT2D eigenvalue weighted by Gasteiger charge is 2.28. The van der Waals surface area contributed by atoms with Crippen molar-refractivity contribution >= 4 is 27.6 Å². The van der Waals surface area contributed by atoms with Crippen molar-refractivity contribution in [3.8, 4) is 0 Å². The molecule has 66 heavy (non-hydrogen) atoms. The van der Waals surface area contributed by atoms with Crippen molar-refractivity contribution in [3.05, 3.63) is 48.6 Å². The largest absolute Gasteiger partial charge is 0.472 e. The molecule has 0 aliphatic heterocycles. The molecule has 386 valence electrons. The van der Waals surface area contributed by atoms with Crippen LogP contribution in [0.3, 0.4) is 0 Å². The minimum absolute atomic E-state index is 0.106. The van der Waals surface area contributed by atoms with Gasteiger partial charge in [-0.25, -0.2) is 9.13 Å². The first-order valence-corrected chi connectivity index (χ1v) is 28.3. The van der Waals surface area contributed by atoms with E-state index in [2.05, 4.69) is 54.8 Å². The third-order valence-corrected chi connectivity index (χ3v) is 12.2. The number of unbranched alkanes of at least 4 members (excludes halogenated alkanes) is 18. The van der Waals surface area contributed by atoms with Gasteiger partial charge in [-0.15, -0.1) is 0 Å². The highest BCUT2D eigenvalue weighted by molar-refractivity contribution is 7.47. The van der Waals surface area contributed by atoms with E-state index in [9.17, 15) is 33.8 Å². The predicted octanol–water partition coefficient (Wildman–Crippen LogP) is 12.6. The molecule has 5 N–H and O–H groups in total. The van der Waals surface area contributed by atoms with Crippen molar-refractivity contribution in [2.75, 3.05) is 26.4 Å². The number of carbonyl (C=O) groups is 2. The third-order valence-electron chi connectivity index (χ3n) is 10.8. The van der Waals surface area contributed by atoms with Gasteiger partial charge in [0, 0.05) is 12.8 Å². The lowest BCUT2D eigenvalue weighted by Crippen LogP contribution is -2.30. The molecule has 0 radical (unpaired) electrons. The average molecular weight is 979 g/mol. The van der Waals surface area contributed by atoms with Crippen LogP contribution in [0.4, 0.5) is 0 Å². The highest BCUT2D eigenvalue weighted by Crippen LogP contribution is 2.44. The van der Waals surface area contributed by atoms with E-state index in [4.69, 9.17) is 28.3 Å². The second-order valence-corrected chi connectivity index (χ2v) is 20.4. The standard InChI is InChI=1S/C50H92O14P2/c1-4-46(51)38-34-30-26-22-18-14-11-12-15-19-23-27-31-35-39-49(53)60-43-48(44-63-66(58,59)62-42-47(52)41-61-65(55,56)57)64-50(54)40-36-32-28-24-20-16-10-8-6-5-7-9-13-17-21-25-29-33-37-45(2)3/h12,14-15,18,23,26-27,30,45-48,51-52H,4-11,13,16-17,19-22,24-25,28-29,31-44H2,1-3H3,(H,58,59)(H2,55,56,57)/b15-12-,18-14-,27-23-,30-26-/t46-,47-,48+/m0/s1. The molecule has 4 atom stereocenters. The molecule has 1 unspecified atom stereocenters. The van der Waals surface area contributed by atoms with Gasteiger partial charge in [-0.2, -0.15) is 0 Å². The molecule has 0 rings (SSSR count). The molecule has 0 aliphatic rings. The number of allylic oxidation sites excluding steroid dienone is 8. The van der Waals surface area contributed by atoms with E-state index in [-0.39, 0.29) is 18.9 Å². The van der Waals surface area contributed by atoms with Gasteiger partial charge in [0.1, 0.15) is 12.7 Å². The van der Waals surface area contributed by atoms with E-state index in [1.54, 1.807) is 0 Å². The molecule has 0 aromatic rings. The molecule has 0 amide bonds. The summed E-state index contributed by atoms with van der Waals surface area (Å²) in [5, 5.41) is 19.3. The zero-order chi connectivity index (χ0) is 49.0. The topological polar surface area (TPSA) is 216 Å². The summed E-state index contributed by atoms with van der Waals surface area (Å²) in [4.78, 5) is 52.9. The van der Waals surface area contributed by atoms with E-state index in [1.165, 1.54) is 96.3 Å². The number of hydrogen-bond acceptors (Lipinski definition) is 11. The summed E-state index contributed by atoms with van der Waals surface area (Å²) >= 11 is 0. The summed E-state index contributed by atoms with van der Waals surface area (Å²) in [5.41, 5.74) is 0. The van der Waals surface area contributed by atoms with Crippen LogP contribution in [-0.4, -0.2) is 81.6 Å². The molecule has 0 fully saturated rings. The number of rotatable bonds is 47. The maximum absolute atomic E-state index is 12.7. The van der Waals surface area contributed by atoms with E-state index in [0.29, 0.717) is 19.3 Å². The lowest BCUT2D eigenvalue weighted by molar-refractivity contribution is -0.161. The molecule has 0 heterocycles. The van der Waals surface area contributed by atoms with Crippen molar-refractivity contribution in [1.29, 1.82) is 0 Å². The third kappa shape index (κ3) is 48.5. The fourth-order valence-corrected chi connectivity index (χ4v) is 7.96. The Morgan fingerprint density at radius 3 is 1.39 bits per heavy atom. The van der Waals surface area contributed by atoms with Crippen LogP contribution in [0.15, 0.2) is 48.6 Å². The number of hydrogen-bond donors (Lipinski definition) is 5. The van der Waals surface area contributed by atoms with Crippen molar-refractivity contribution in [3.63, 3.8) is 0 Å². The summed E-state index contributed by atoms with van der Waals surface area (Å²) in [5.74, 6) is -0.281. The highest BCUT2D eigenvalue weighted by atomic mass is 31.2. The molecule has 0 aromatic carbocycles. The Balaban J connectivity index is 4.48. The summed E-state index contributed by atoms with van der Waals surface area (Å²) < 4.78 is 47.9. The minimum Gasteiger partial charge on any atom is -0.462 e. The van der Waals surface area contributed by atoms with Gasteiger partial charge < -0.3 is 34.4 Å². The second kappa shape index (κ2) is 44.3. The van der Waals surface area contributed by atoms with Crippen LogP contribution < -0.4 is 0 Å². The zero-order valence-electron chi connectivity index (χ0n) is 41.1. The van der Waals surface area contributed by atoms with Crippen molar-refractivity contribution in [2.45, 2.75) is 225 Å². The van der Waals surface area contributed by atoms with Gasteiger partial charge in [0.25, 0.3) is 0 Å². The quantitative estimate of drug-likeness (QED) is 0.0166. The van der Waals surface area contributed by atoms with E-state index < -0.39 is 66.2 Å². The number of carbonyl (C=O) groups excluding carboxylic acids is 2. The minimum atomic E-state index is -4.88. The van der Waals surface area contributed by atoms with Gasteiger partial charge in [-0.1, -0.05) is 185 Å². The van der Waals surface area contributed by atoms with Gasteiger partial charge in [-0.05, 0) is 63.7 Å². The van der Waals surface area contributed by atoms with E-state index in [0.717, 1.165) is 63.7 Å². The Morgan fingerprint density at radius 1 is 0.485 bits per heavy atom. The average Bonchev–Trinajstić information content (AvgIpc) is 3.27. The molecule has 14 nitrogen and oxygen atoms in total. The Hall–Kier alpha value is -1.96. The smallest absolute Gasteiger partial charge is 0.462 e. The summed E-state index contributed by atoms with van der Waals surface area (Å²) in [6.07, 6.45) is 43.4. The molecule has 0 saturated carbocycles. The van der Waals surface area contributed by atoms with Gasteiger partial charge in [0.05, 0.1) is 25.9 Å². The monoisotopic (exact) mass is 979 g/mol. The number of ether oxygens (including phenoxy) is 2. The molecule has 0 aromatic heterocycles. The van der Waals surface area contributed by atoms with E-state index >= 15 is 0 Å². The lowest BCUT2D eigenvalue weighted by Gasteiger charge is -2.20. The van der Waals surface area contributed by atoms with Crippen LogP contribution in [0, 0.1) is 5.92 Å². The van der Waals surface area contributed by atoms with Crippen molar-refractivity contribution in [1.82, 2.24) is 0 Å². The normalized spacial score (nSPS) is 14.8. The molecule has 0 saturated heterocycles. The van der Waals surface area contributed by atoms with Crippen LogP contribution in [-0.2, 0) is 41.8 Å². The molecule has 16 heteroatoms. The predicted molar refractivity (Wildman–Crippen MR) is 264 cm³/mol. The Morgan fingerprint density at radius 2 is 0.909 bits per heavy atom. The fourth-order valence-electron chi connectivity index (χ4n) is 6.80. The first-order valence-electron chi connectivity index (χ1n) is 25.3. The molecule has 0 bridgehead atoms. The molecule has 0 aliphatic carbocycles. The Kier molecular flexibility index (Phi) is 42.9. The summed E-state index contributed by atoms with van der Waals surface area (Å²) in [6.45, 7) is 3.79. The van der Waals surface area contributed by atoms with E-state index in [1.807, 2.05) is 19.1 Å². The van der Waals surface area contributed by atoms with Crippen LogP contribution in [0.2, 0.25) is 0 Å². The van der Waals surface area contributed by atoms with Gasteiger partial charge in [0.2, 0.25) is 0 Å². The summed E-state index contributed by atoms with van der Waals surface area (Å²) in [7, 11) is -9.71. The van der Waals surface area contributed by atoms with Gasteiger partial charge >= 0.3 is 27.6 Å². The Labute approximate surface area is 399 Å². The number of esters is 2. The molecular weight excluding hydrogens is 886 g/mol. The number of aliphatic hydroxyl groups is 2. The number of phosphoric acid groups is 2. The SMILES string of the molecule is CC[C@H](O)CC/C=C\C/C=C\C/C=C\C/C=C\CCCC(=O)OC[C@H](COP(=O)(O)OC[C@@H](O)COP(=O)(O)O)OC(=O)CCCCCCCCCCCCCCCCCCCCC(C)C. The van der Waals surface area contributed by atoms with Crippen LogP contribution >= 0.6 is 15.6 Å². The molecular formula is C50H92O14P2. The van der Waals surface area contributed by atoms with Gasteiger partial charge in [0.15, 0.2) is 6.10 Å². The second-order valence-electron chi connectivity index (χ2n) is 17.7. The lowest BCUT2D eigenvalue weighted by atomic mass is 10.0.